The molecule has 0 fully saturated rings. The van der Waals surface area contributed by atoms with Crippen LogP contribution in [0.25, 0.3) is 0 Å². The molecule has 1 aliphatic heterocycles. The minimum absolute atomic E-state index is 0.399. The summed E-state index contributed by atoms with van der Waals surface area (Å²) in [6, 6.07) is 1.17. The van der Waals surface area contributed by atoms with Crippen LogP contribution < -0.4 is 5.43 Å². The van der Waals surface area contributed by atoms with Crippen molar-refractivity contribution in [2.45, 2.75) is 38.9 Å². The van der Waals surface area contributed by atoms with Crippen molar-refractivity contribution in [3.8, 4) is 6.07 Å². The van der Waals surface area contributed by atoms with Crippen molar-refractivity contribution in [1.29, 1.82) is 5.26 Å². The van der Waals surface area contributed by atoms with E-state index in [1.54, 1.807) is 6.07 Å². The molecule has 0 saturated heterocycles. The fourth-order valence-corrected chi connectivity index (χ4v) is 1.62. The van der Waals surface area contributed by atoms with Crippen molar-refractivity contribution in [1.82, 2.24) is 5.43 Å². The minimum Gasteiger partial charge on any atom is -0.305 e. The van der Waals surface area contributed by atoms with E-state index >= 15 is 0 Å². The first-order valence-electron chi connectivity index (χ1n) is 5.16. The van der Waals surface area contributed by atoms with Crippen LogP contribution in [0.5, 0.6) is 0 Å². The van der Waals surface area contributed by atoms with Crippen LogP contribution in [0.3, 0.4) is 0 Å². The molecule has 16 heavy (non-hydrogen) atoms. The Labute approximate surface area is 92.3 Å². The number of halogens is 3. The smallest absolute Gasteiger partial charge is 0.305 e. The first kappa shape index (κ1) is 12.8. The van der Waals surface area contributed by atoms with Crippen molar-refractivity contribution < 1.29 is 13.2 Å². The van der Waals surface area contributed by atoms with Crippen LogP contribution in [0.2, 0.25) is 0 Å². The SMILES string of the molecule is CC(C)CCC1NN=C(C(F)(F)F)C1C#N. The number of hydrogen-bond donors (Lipinski definition) is 1. The van der Waals surface area contributed by atoms with Gasteiger partial charge in [0.05, 0.1) is 12.1 Å². The zero-order valence-electron chi connectivity index (χ0n) is 9.17. The Morgan fingerprint density at radius 3 is 2.56 bits per heavy atom. The molecule has 0 bridgehead atoms. The standard InChI is InChI=1S/C10H14F3N3/c1-6(2)3-4-8-7(5-14)9(16-15-8)10(11,12)13/h6-8,15H,3-4H2,1-2H3. The summed E-state index contributed by atoms with van der Waals surface area (Å²) in [6.45, 7) is 3.98. The second-order valence-electron chi connectivity index (χ2n) is 4.31. The van der Waals surface area contributed by atoms with E-state index in [-0.39, 0.29) is 0 Å². The first-order chi connectivity index (χ1) is 7.36. The van der Waals surface area contributed by atoms with E-state index in [9.17, 15) is 13.2 Å². The molecular formula is C10H14F3N3. The fraction of sp³-hybridized carbons (Fsp3) is 0.800. The summed E-state index contributed by atoms with van der Waals surface area (Å²) in [5.41, 5.74) is 1.42. The Morgan fingerprint density at radius 2 is 2.12 bits per heavy atom. The normalized spacial score (nSPS) is 25.2. The van der Waals surface area contributed by atoms with Crippen molar-refractivity contribution in [2.75, 3.05) is 0 Å². The molecule has 1 rings (SSSR count). The van der Waals surface area contributed by atoms with Crippen molar-refractivity contribution in [3.05, 3.63) is 0 Å². The topological polar surface area (TPSA) is 48.2 Å². The van der Waals surface area contributed by atoms with Gasteiger partial charge in [-0.05, 0) is 18.8 Å². The number of hydrogen-bond acceptors (Lipinski definition) is 3. The molecule has 1 N–H and O–H groups in total. The molecule has 3 nitrogen and oxygen atoms in total. The van der Waals surface area contributed by atoms with Crippen LogP contribution in [-0.4, -0.2) is 17.9 Å². The highest BCUT2D eigenvalue weighted by molar-refractivity contribution is 5.95. The van der Waals surface area contributed by atoms with Gasteiger partial charge in [-0.15, -0.1) is 0 Å². The van der Waals surface area contributed by atoms with E-state index < -0.39 is 23.8 Å². The molecule has 1 aliphatic rings. The average Bonchev–Trinajstić information content (AvgIpc) is 2.56. The molecule has 0 aromatic heterocycles. The first-order valence-corrected chi connectivity index (χ1v) is 5.16. The molecule has 0 aliphatic carbocycles. The molecule has 0 aromatic carbocycles. The van der Waals surface area contributed by atoms with Crippen molar-refractivity contribution in [2.24, 2.45) is 16.9 Å². The largest absolute Gasteiger partial charge is 0.432 e. The number of hydrazone groups is 1. The van der Waals surface area contributed by atoms with Gasteiger partial charge in [-0.2, -0.15) is 23.5 Å². The number of nitrogens with zero attached hydrogens (tertiary/aromatic N) is 2. The molecule has 0 radical (unpaired) electrons. The molecule has 0 amide bonds. The zero-order valence-corrected chi connectivity index (χ0v) is 9.17. The van der Waals surface area contributed by atoms with Gasteiger partial charge < -0.3 is 5.43 Å². The zero-order chi connectivity index (χ0) is 12.3. The van der Waals surface area contributed by atoms with Gasteiger partial charge in [-0.25, -0.2) is 0 Å². The van der Waals surface area contributed by atoms with Crippen molar-refractivity contribution >= 4 is 5.71 Å². The van der Waals surface area contributed by atoms with E-state index in [2.05, 4.69) is 10.5 Å². The summed E-state index contributed by atoms with van der Waals surface area (Å²) >= 11 is 0. The van der Waals surface area contributed by atoms with Gasteiger partial charge in [-0.3, -0.25) is 0 Å². The maximum atomic E-state index is 12.4. The van der Waals surface area contributed by atoms with Crippen LogP contribution in [0.15, 0.2) is 5.10 Å². The number of rotatable bonds is 3. The molecule has 0 aromatic rings. The van der Waals surface area contributed by atoms with Gasteiger partial charge in [0.2, 0.25) is 0 Å². The Bertz CT molecular complexity index is 314. The summed E-state index contributed by atoms with van der Waals surface area (Å²) in [7, 11) is 0. The predicted molar refractivity (Wildman–Crippen MR) is 53.6 cm³/mol. The van der Waals surface area contributed by atoms with Gasteiger partial charge >= 0.3 is 6.18 Å². The summed E-state index contributed by atoms with van der Waals surface area (Å²) in [4.78, 5) is 0. The Morgan fingerprint density at radius 1 is 1.50 bits per heavy atom. The summed E-state index contributed by atoms with van der Waals surface area (Å²) < 4.78 is 37.3. The Kier molecular flexibility index (Phi) is 3.79. The highest BCUT2D eigenvalue weighted by atomic mass is 19.4. The van der Waals surface area contributed by atoms with E-state index in [1.807, 2.05) is 13.8 Å². The third kappa shape index (κ3) is 2.87. The third-order valence-electron chi connectivity index (χ3n) is 2.53. The highest BCUT2D eigenvalue weighted by Gasteiger charge is 2.47. The van der Waals surface area contributed by atoms with Gasteiger partial charge in [0.1, 0.15) is 5.92 Å². The number of nitrogens with one attached hydrogen (secondary N) is 1. The molecule has 90 valence electrons. The van der Waals surface area contributed by atoms with E-state index in [0.717, 1.165) is 6.42 Å². The van der Waals surface area contributed by atoms with Crippen molar-refractivity contribution in [3.63, 3.8) is 0 Å². The maximum Gasteiger partial charge on any atom is 0.432 e. The monoisotopic (exact) mass is 233 g/mol. The average molecular weight is 233 g/mol. The second kappa shape index (κ2) is 4.73. The van der Waals surface area contributed by atoms with Gasteiger partial charge in [-0.1, -0.05) is 13.8 Å². The van der Waals surface area contributed by atoms with Crippen LogP contribution in [-0.2, 0) is 0 Å². The molecule has 6 heteroatoms. The van der Waals surface area contributed by atoms with E-state index in [0.29, 0.717) is 12.3 Å². The maximum absolute atomic E-state index is 12.4. The van der Waals surface area contributed by atoms with Crippen LogP contribution >= 0.6 is 0 Å². The number of alkyl halides is 3. The molecule has 2 unspecified atom stereocenters. The lowest BCUT2D eigenvalue weighted by atomic mass is 9.91. The Hall–Kier alpha value is -1.25. The molecule has 2 atom stereocenters. The third-order valence-corrected chi connectivity index (χ3v) is 2.53. The minimum atomic E-state index is -4.51. The Balaban J connectivity index is 2.65. The lowest BCUT2D eigenvalue weighted by molar-refractivity contribution is -0.0614. The predicted octanol–water partition coefficient (Wildman–Crippen LogP) is 2.45. The van der Waals surface area contributed by atoms with Gasteiger partial charge in [0, 0.05) is 0 Å². The molecule has 0 saturated carbocycles. The van der Waals surface area contributed by atoms with E-state index in [4.69, 9.17) is 5.26 Å². The highest BCUT2D eigenvalue weighted by Crippen LogP contribution is 2.29. The van der Waals surface area contributed by atoms with Crippen LogP contribution in [0, 0.1) is 23.2 Å². The summed E-state index contributed by atoms with van der Waals surface area (Å²) in [5, 5.41) is 12.0. The lowest BCUT2D eigenvalue weighted by Gasteiger charge is -2.16. The molecular weight excluding hydrogens is 219 g/mol. The molecule has 0 spiro atoms. The lowest BCUT2D eigenvalue weighted by Crippen LogP contribution is -2.34. The second-order valence-corrected chi connectivity index (χ2v) is 4.31. The fourth-order valence-electron chi connectivity index (χ4n) is 1.62. The number of nitriles is 1. The molecule has 1 heterocycles. The quantitative estimate of drug-likeness (QED) is 0.813. The van der Waals surface area contributed by atoms with E-state index in [1.165, 1.54) is 0 Å². The van der Waals surface area contributed by atoms with Gasteiger partial charge in [0.25, 0.3) is 0 Å². The van der Waals surface area contributed by atoms with Crippen LogP contribution in [0.4, 0.5) is 13.2 Å². The summed E-state index contributed by atoms with van der Waals surface area (Å²) in [5.74, 6) is -0.783. The van der Waals surface area contributed by atoms with Gasteiger partial charge in [0.15, 0.2) is 5.71 Å². The van der Waals surface area contributed by atoms with Crippen LogP contribution in [0.1, 0.15) is 26.7 Å². The summed E-state index contributed by atoms with van der Waals surface area (Å²) in [6.07, 6.45) is -3.21.